The molecule has 0 atom stereocenters. The lowest BCUT2D eigenvalue weighted by Gasteiger charge is -2.19. The van der Waals surface area contributed by atoms with Crippen molar-refractivity contribution < 1.29 is 14.3 Å². The fourth-order valence-corrected chi connectivity index (χ4v) is 2.75. The average Bonchev–Trinajstić information content (AvgIpc) is 2.51. The van der Waals surface area contributed by atoms with E-state index in [1.54, 1.807) is 0 Å². The molecule has 3 nitrogen and oxygen atoms in total. The molecular weight excluding hydrogens is 276 g/mol. The van der Waals surface area contributed by atoms with Crippen LogP contribution in [0.1, 0.15) is 90.4 Å². The molecule has 1 fully saturated rings. The van der Waals surface area contributed by atoms with Gasteiger partial charge in [-0.15, -0.1) is 0 Å². The zero-order valence-corrected chi connectivity index (χ0v) is 14.1. The van der Waals surface area contributed by atoms with Crippen molar-refractivity contribution in [2.45, 2.75) is 90.4 Å². The third kappa shape index (κ3) is 8.35. The number of hydrogen-bond donors (Lipinski definition) is 0. The van der Waals surface area contributed by atoms with E-state index >= 15 is 0 Å². The molecule has 1 aliphatic heterocycles. The van der Waals surface area contributed by atoms with Gasteiger partial charge in [0.15, 0.2) is 5.92 Å². The molecule has 1 aliphatic rings. The Kier molecular flexibility index (Phi) is 10.7. The molecule has 1 heterocycles. The maximum absolute atomic E-state index is 10.9. The van der Waals surface area contributed by atoms with E-state index in [0.717, 1.165) is 6.42 Å². The Morgan fingerprint density at radius 2 is 1.27 bits per heavy atom. The van der Waals surface area contributed by atoms with E-state index in [9.17, 15) is 9.59 Å². The maximum atomic E-state index is 10.9. The van der Waals surface area contributed by atoms with Gasteiger partial charge in [-0.2, -0.15) is 0 Å². The van der Waals surface area contributed by atoms with Crippen LogP contribution in [-0.2, 0) is 14.3 Å². The standard InChI is InChI=1S/C19H32O3/c1-2-3-4-5-6-7-8-9-10-11-12-13-14-15-16-17-18(20)22-19(17)21/h14-15,17H,2-13,16H2,1H3/b15-14-. The van der Waals surface area contributed by atoms with Gasteiger partial charge in [0.05, 0.1) is 0 Å². The Balaban J connectivity index is 1.78. The Morgan fingerprint density at radius 3 is 1.77 bits per heavy atom. The first-order valence-electron chi connectivity index (χ1n) is 9.16. The topological polar surface area (TPSA) is 43.4 Å². The van der Waals surface area contributed by atoms with Crippen LogP contribution < -0.4 is 0 Å². The molecule has 1 saturated heterocycles. The molecule has 22 heavy (non-hydrogen) atoms. The van der Waals surface area contributed by atoms with Gasteiger partial charge in [0.1, 0.15) is 0 Å². The number of rotatable bonds is 14. The Labute approximate surface area is 135 Å². The quantitative estimate of drug-likeness (QED) is 0.188. The first-order chi connectivity index (χ1) is 10.8. The van der Waals surface area contributed by atoms with Gasteiger partial charge < -0.3 is 4.74 Å². The average molecular weight is 308 g/mol. The summed E-state index contributed by atoms with van der Waals surface area (Å²) in [5.74, 6) is -1.26. The van der Waals surface area contributed by atoms with Gasteiger partial charge in [-0.1, -0.05) is 83.3 Å². The lowest BCUT2D eigenvalue weighted by Crippen LogP contribution is -2.40. The minimum atomic E-state index is -0.520. The third-order valence-electron chi connectivity index (χ3n) is 4.28. The van der Waals surface area contributed by atoms with Gasteiger partial charge in [-0.3, -0.25) is 9.59 Å². The van der Waals surface area contributed by atoms with Crippen molar-refractivity contribution in [2.75, 3.05) is 0 Å². The number of esters is 2. The van der Waals surface area contributed by atoms with Gasteiger partial charge in [-0.25, -0.2) is 0 Å². The molecule has 0 N–H and O–H groups in total. The van der Waals surface area contributed by atoms with E-state index in [4.69, 9.17) is 0 Å². The van der Waals surface area contributed by atoms with E-state index in [1.165, 1.54) is 70.6 Å². The summed E-state index contributed by atoms with van der Waals surface area (Å²) in [6.45, 7) is 2.26. The summed E-state index contributed by atoms with van der Waals surface area (Å²) in [5.41, 5.74) is 0. The summed E-state index contributed by atoms with van der Waals surface area (Å²) in [6.07, 6.45) is 20.5. The molecule has 0 aromatic rings. The minimum Gasteiger partial charge on any atom is -0.392 e. The minimum absolute atomic E-state index is 0.371. The zero-order valence-electron chi connectivity index (χ0n) is 14.1. The summed E-state index contributed by atoms with van der Waals surface area (Å²) in [6, 6.07) is 0. The molecule has 126 valence electrons. The summed E-state index contributed by atoms with van der Waals surface area (Å²) >= 11 is 0. The number of cyclic esters (lactones) is 2. The molecule has 1 rings (SSSR count). The summed E-state index contributed by atoms with van der Waals surface area (Å²) in [7, 11) is 0. The fraction of sp³-hybridized carbons (Fsp3) is 0.789. The van der Waals surface area contributed by atoms with Crippen LogP contribution in [0.2, 0.25) is 0 Å². The molecule has 0 amide bonds. The first-order valence-corrected chi connectivity index (χ1v) is 9.16. The molecule has 0 radical (unpaired) electrons. The maximum Gasteiger partial charge on any atom is 0.328 e. The number of carbonyl (C=O) groups is 2. The Morgan fingerprint density at radius 1 is 0.773 bits per heavy atom. The molecule has 0 saturated carbocycles. The predicted molar refractivity (Wildman–Crippen MR) is 89.4 cm³/mol. The van der Waals surface area contributed by atoms with Crippen molar-refractivity contribution in [1.82, 2.24) is 0 Å². The zero-order chi connectivity index (χ0) is 16.0. The first kappa shape index (κ1) is 18.9. The molecule has 0 aromatic heterocycles. The van der Waals surface area contributed by atoms with E-state index < -0.39 is 5.92 Å². The van der Waals surface area contributed by atoms with E-state index in [2.05, 4.69) is 17.7 Å². The third-order valence-corrected chi connectivity index (χ3v) is 4.28. The van der Waals surface area contributed by atoms with Crippen molar-refractivity contribution in [3.8, 4) is 0 Å². The van der Waals surface area contributed by atoms with Gasteiger partial charge in [-0.05, 0) is 19.3 Å². The van der Waals surface area contributed by atoms with Gasteiger partial charge in [0.25, 0.3) is 0 Å². The molecule has 0 aliphatic carbocycles. The molecule has 0 aromatic carbocycles. The summed E-state index contributed by atoms with van der Waals surface area (Å²) in [5, 5.41) is 0. The predicted octanol–water partition coefficient (Wildman–Crippen LogP) is 5.33. The van der Waals surface area contributed by atoms with E-state index in [0.29, 0.717) is 6.42 Å². The van der Waals surface area contributed by atoms with Gasteiger partial charge >= 0.3 is 11.9 Å². The second-order valence-electron chi connectivity index (χ2n) is 6.32. The summed E-state index contributed by atoms with van der Waals surface area (Å²) < 4.78 is 4.31. The smallest absolute Gasteiger partial charge is 0.328 e. The molecular formula is C19H32O3. The molecule has 0 bridgehead atoms. The normalized spacial score (nSPS) is 15.3. The van der Waals surface area contributed by atoms with E-state index in [1.807, 2.05) is 6.08 Å². The molecule has 0 unspecified atom stereocenters. The largest absolute Gasteiger partial charge is 0.392 e. The van der Waals surface area contributed by atoms with Crippen molar-refractivity contribution >= 4 is 11.9 Å². The van der Waals surface area contributed by atoms with Gasteiger partial charge in [0, 0.05) is 0 Å². The molecule has 3 heteroatoms. The van der Waals surface area contributed by atoms with Crippen molar-refractivity contribution in [3.63, 3.8) is 0 Å². The second kappa shape index (κ2) is 12.4. The van der Waals surface area contributed by atoms with Crippen molar-refractivity contribution in [3.05, 3.63) is 12.2 Å². The highest BCUT2D eigenvalue weighted by Crippen LogP contribution is 2.19. The number of allylic oxidation sites excluding steroid dienone is 2. The van der Waals surface area contributed by atoms with Crippen LogP contribution in [0.4, 0.5) is 0 Å². The Bertz CT molecular complexity index is 333. The lowest BCUT2D eigenvalue weighted by molar-refractivity contribution is -0.183. The Hall–Kier alpha value is -1.12. The monoisotopic (exact) mass is 308 g/mol. The van der Waals surface area contributed by atoms with Crippen LogP contribution in [0.3, 0.4) is 0 Å². The van der Waals surface area contributed by atoms with Crippen LogP contribution >= 0.6 is 0 Å². The van der Waals surface area contributed by atoms with Crippen LogP contribution in [0.25, 0.3) is 0 Å². The number of ether oxygens (including phenoxy) is 1. The van der Waals surface area contributed by atoms with Crippen molar-refractivity contribution in [2.24, 2.45) is 5.92 Å². The van der Waals surface area contributed by atoms with Crippen LogP contribution in [0, 0.1) is 5.92 Å². The van der Waals surface area contributed by atoms with Gasteiger partial charge in [0.2, 0.25) is 0 Å². The second-order valence-corrected chi connectivity index (χ2v) is 6.32. The summed E-state index contributed by atoms with van der Waals surface area (Å²) in [4.78, 5) is 21.9. The fourth-order valence-electron chi connectivity index (χ4n) is 2.75. The van der Waals surface area contributed by atoms with Crippen LogP contribution in [-0.4, -0.2) is 11.9 Å². The highest BCUT2D eigenvalue weighted by Gasteiger charge is 2.40. The van der Waals surface area contributed by atoms with Crippen molar-refractivity contribution in [1.29, 1.82) is 0 Å². The SMILES string of the molecule is CCCCCCCCCCCCC/C=C\CC1C(=O)OC1=O. The highest BCUT2D eigenvalue weighted by atomic mass is 16.6. The molecule has 0 spiro atoms. The van der Waals surface area contributed by atoms with Crippen LogP contribution in [0.5, 0.6) is 0 Å². The number of hydrogen-bond acceptors (Lipinski definition) is 3. The number of unbranched alkanes of at least 4 members (excludes halogenated alkanes) is 11. The van der Waals surface area contributed by atoms with Crippen LogP contribution in [0.15, 0.2) is 12.2 Å². The highest BCUT2D eigenvalue weighted by molar-refractivity contribution is 6.09. The van der Waals surface area contributed by atoms with E-state index in [-0.39, 0.29) is 11.9 Å². The number of carbonyl (C=O) groups excluding carboxylic acids is 2. The lowest BCUT2D eigenvalue weighted by atomic mass is 10.0.